The second kappa shape index (κ2) is 6.62. The van der Waals surface area contributed by atoms with Crippen LogP contribution in [0.2, 0.25) is 0 Å². The lowest BCUT2D eigenvalue weighted by Gasteiger charge is -2.67. The van der Waals surface area contributed by atoms with E-state index >= 15 is 0 Å². The highest BCUT2D eigenvalue weighted by atomic mass is 14.7. The van der Waals surface area contributed by atoms with Crippen LogP contribution in [0.5, 0.6) is 0 Å². The van der Waals surface area contributed by atoms with Crippen molar-refractivity contribution in [2.24, 2.45) is 51.8 Å². The first-order valence-electron chi connectivity index (χ1n) is 13.1. The molecule has 5 aliphatic rings. The summed E-state index contributed by atoms with van der Waals surface area (Å²) in [4.78, 5) is 0. The quantitative estimate of drug-likeness (QED) is 0.428. The van der Waals surface area contributed by atoms with E-state index in [0.29, 0.717) is 10.8 Å². The van der Waals surface area contributed by atoms with Gasteiger partial charge >= 0.3 is 0 Å². The van der Waals surface area contributed by atoms with Gasteiger partial charge in [0.2, 0.25) is 0 Å². The molecule has 158 valence electrons. The second-order valence-electron chi connectivity index (χ2n) is 12.7. The summed E-state index contributed by atoms with van der Waals surface area (Å²) in [6.07, 6.45) is 19.6. The molecule has 0 N–H and O–H groups in total. The highest BCUT2D eigenvalue weighted by Gasteiger charge is 2.67. The summed E-state index contributed by atoms with van der Waals surface area (Å²) in [7, 11) is 0. The number of hydrogen-bond donors (Lipinski definition) is 0. The van der Waals surface area contributed by atoms with Crippen LogP contribution in [0, 0.1) is 51.8 Å². The molecule has 28 heavy (non-hydrogen) atoms. The number of allylic oxidation sites excluding steroid dienone is 1. The molecule has 0 bridgehead atoms. The maximum atomic E-state index is 4.53. The molecule has 5 rings (SSSR count). The maximum absolute atomic E-state index is 4.53. The van der Waals surface area contributed by atoms with Crippen molar-refractivity contribution >= 4 is 0 Å². The Kier molecular flexibility index (Phi) is 4.65. The van der Waals surface area contributed by atoms with Gasteiger partial charge in [0.25, 0.3) is 0 Å². The molecular weight excluding hydrogens is 336 g/mol. The molecule has 7 unspecified atom stereocenters. The van der Waals surface area contributed by atoms with Crippen LogP contribution in [0.15, 0.2) is 12.2 Å². The third-order valence-corrected chi connectivity index (χ3v) is 11.4. The molecule has 0 spiro atoms. The Bertz CT molecular complexity index is 624. The van der Waals surface area contributed by atoms with Crippen LogP contribution < -0.4 is 0 Å². The van der Waals surface area contributed by atoms with Crippen LogP contribution in [-0.2, 0) is 0 Å². The Balaban J connectivity index is 1.51. The third-order valence-electron chi connectivity index (χ3n) is 11.4. The Labute approximate surface area is 175 Å². The summed E-state index contributed by atoms with van der Waals surface area (Å²) < 4.78 is 0. The average molecular weight is 383 g/mol. The zero-order valence-corrected chi connectivity index (χ0v) is 19.4. The van der Waals surface area contributed by atoms with Gasteiger partial charge < -0.3 is 0 Å². The summed E-state index contributed by atoms with van der Waals surface area (Å²) >= 11 is 0. The number of fused-ring (bicyclic) bond motifs is 5. The van der Waals surface area contributed by atoms with E-state index in [2.05, 4.69) is 34.3 Å². The Morgan fingerprint density at radius 2 is 1.64 bits per heavy atom. The molecule has 0 nitrogen and oxygen atoms in total. The fraction of sp³-hybridized carbons (Fsp3) is 0.929. The standard InChI is InChI=1S/C28H46/c1-6-19(3)22-10-12-24-23(22)11-13-25-27(24,7-2)15-14-21-18-26(4,5)16-17-28(21,25)20-8-9-20/h20-25H,3,6-18H2,1-2,4-5H3. The van der Waals surface area contributed by atoms with Gasteiger partial charge in [0.15, 0.2) is 0 Å². The number of hydrogen-bond acceptors (Lipinski definition) is 0. The minimum Gasteiger partial charge on any atom is -0.0996 e. The minimum absolute atomic E-state index is 0.601. The van der Waals surface area contributed by atoms with Crippen molar-refractivity contribution < 1.29 is 0 Å². The van der Waals surface area contributed by atoms with Crippen molar-refractivity contribution in [2.75, 3.05) is 0 Å². The number of rotatable bonds is 4. The zero-order chi connectivity index (χ0) is 19.7. The molecule has 5 saturated carbocycles. The molecule has 0 heterocycles. The van der Waals surface area contributed by atoms with E-state index in [4.69, 9.17) is 0 Å². The molecule has 0 aromatic rings. The monoisotopic (exact) mass is 382 g/mol. The Hall–Kier alpha value is -0.260. The Morgan fingerprint density at radius 3 is 2.32 bits per heavy atom. The highest BCUT2D eigenvalue weighted by molar-refractivity contribution is 5.18. The van der Waals surface area contributed by atoms with Crippen molar-refractivity contribution in [3.8, 4) is 0 Å². The van der Waals surface area contributed by atoms with E-state index in [1.807, 2.05) is 0 Å². The van der Waals surface area contributed by atoms with Crippen molar-refractivity contribution in [2.45, 2.75) is 111 Å². The van der Waals surface area contributed by atoms with Crippen LogP contribution in [0.3, 0.4) is 0 Å². The molecule has 7 atom stereocenters. The van der Waals surface area contributed by atoms with Gasteiger partial charge in [0.1, 0.15) is 0 Å². The fourth-order valence-electron chi connectivity index (χ4n) is 10.1. The van der Waals surface area contributed by atoms with Crippen molar-refractivity contribution in [3.63, 3.8) is 0 Å². The first kappa shape index (κ1) is 19.7. The van der Waals surface area contributed by atoms with E-state index in [-0.39, 0.29) is 0 Å². The summed E-state index contributed by atoms with van der Waals surface area (Å²) in [6, 6.07) is 0. The smallest absolute Gasteiger partial charge is 0.0175 e. The predicted molar refractivity (Wildman–Crippen MR) is 120 cm³/mol. The van der Waals surface area contributed by atoms with Gasteiger partial charge in [-0.15, -0.1) is 0 Å². The normalized spacial score (nSPS) is 49.8. The molecule has 0 aliphatic heterocycles. The second-order valence-corrected chi connectivity index (χ2v) is 12.7. The van der Waals surface area contributed by atoms with Crippen LogP contribution in [0.1, 0.15) is 111 Å². The third kappa shape index (κ3) is 2.61. The molecule has 5 fully saturated rings. The summed E-state index contributed by atoms with van der Waals surface area (Å²) in [5.74, 6) is 6.08. The van der Waals surface area contributed by atoms with Gasteiger partial charge in [-0.25, -0.2) is 0 Å². The highest BCUT2D eigenvalue weighted by Crippen LogP contribution is 2.75. The topological polar surface area (TPSA) is 0 Å². The minimum atomic E-state index is 0.601. The molecule has 0 saturated heterocycles. The molecule has 5 aliphatic carbocycles. The van der Waals surface area contributed by atoms with E-state index in [0.717, 1.165) is 40.9 Å². The molecule has 0 radical (unpaired) electrons. The van der Waals surface area contributed by atoms with Gasteiger partial charge in [-0.05, 0) is 135 Å². The molecular formula is C28H46. The first-order valence-corrected chi connectivity index (χ1v) is 13.1. The van der Waals surface area contributed by atoms with Crippen LogP contribution in [-0.4, -0.2) is 0 Å². The van der Waals surface area contributed by atoms with Gasteiger partial charge in [-0.1, -0.05) is 39.8 Å². The lowest BCUT2D eigenvalue weighted by molar-refractivity contribution is -0.182. The Morgan fingerprint density at radius 1 is 0.857 bits per heavy atom. The van der Waals surface area contributed by atoms with Gasteiger partial charge in [-0.3, -0.25) is 0 Å². The van der Waals surface area contributed by atoms with Crippen LogP contribution >= 0.6 is 0 Å². The van der Waals surface area contributed by atoms with E-state index < -0.39 is 0 Å². The summed E-state index contributed by atoms with van der Waals surface area (Å²) in [6.45, 7) is 14.6. The summed E-state index contributed by atoms with van der Waals surface area (Å²) in [5, 5.41) is 0. The van der Waals surface area contributed by atoms with Gasteiger partial charge in [0, 0.05) is 0 Å². The largest absolute Gasteiger partial charge is 0.0996 e. The first-order chi connectivity index (χ1) is 13.4. The zero-order valence-electron chi connectivity index (χ0n) is 19.4. The lowest BCUT2D eigenvalue weighted by Crippen LogP contribution is -2.60. The van der Waals surface area contributed by atoms with E-state index in [1.54, 1.807) is 44.1 Å². The van der Waals surface area contributed by atoms with Crippen molar-refractivity contribution in [1.29, 1.82) is 0 Å². The average Bonchev–Trinajstić information content (AvgIpc) is 3.45. The molecule has 0 heteroatoms. The van der Waals surface area contributed by atoms with Gasteiger partial charge in [0.05, 0.1) is 0 Å². The molecule has 0 aromatic carbocycles. The molecule has 0 amide bonds. The van der Waals surface area contributed by atoms with E-state index in [1.165, 1.54) is 44.9 Å². The molecule has 0 aromatic heterocycles. The fourth-order valence-corrected chi connectivity index (χ4v) is 10.1. The lowest BCUT2D eigenvalue weighted by atomic mass is 9.37. The SMILES string of the molecule is C=C(CC)C1CCC2C1CCC1C2(CC)CCC2CC(C)(C)CCC21C1CC1. The van der Waals surface area contributed by atoms with Crippen molar-refractivity contribution in [3.05, 3.63) is 12.2 Å². The summed E-state index contributed by atoms with van der Waals surface area (Å²) in [5.41, 5.74) is 3.62. The van der Waals surface area contributed by atoms with Gasteiger partial charge in [-0.2, -0.15) is 0 Å². The predicted octanol–water partition coefficient (Wildman–Crippen LogP) is 8.42. The van der Waals surface area contributed by atoms with E-state index in [9.17, 15) is 0 Å². The van der Waals surface area contributed by atoms with Crippen LogP contribution in [0.4, 0.5) is 0 Å². The van der Waals surface area contributed by atoms with Crippen molar-refractivity contribution in [1.82, 2.24) is 0 Å². The van der Waals surface area contributed by atoms with Crippen LogP contribution in [0.25, 0.3) is 0 Å². The maximum Gasteiger partial charge on any atom is -0.0175 e.